The summed E-state index contributed by atoms with van der Waals surface area (Å²) < 4.78 is 5.35. The van der Waals surface area contributed by atoms with Crippen LogP contribution in [-0.4, -0.2) is 24.2 Å². The van der Waals surface area contributed by atoms with Crippen molar-refractivity contribution in [1.82, 2.24) is 5.32 Å². The van der Waals surface area contributed by atoms with E-state index < -0.39 is 11.5 Å². The number of carboxylic acids is 1. The molecule has 1 aliphatic rings. The zero-order chi connectivity index (χ0) is 15.3. The molecule has 0 amide bonds. The van der Waals surface area contributed by atoms with Crippen molar-refractivity contribution in [1.29, 1.82) is 0 Å². The largest absolute Gasteiger partial charge is 0.496 e. The second-order valence-corrected chi connectivity index (χ2v) is 5.96. The van der Waals surface area contributed by atoms with E-state index >= 15 is 0 Å². The molecule has 1 aromatic rings. The van der Waals surface area contributed by atoms with Gasteiger partial charge < -0.3 is 9.84 Å². The van der Waals surface area contributed by atoms with Gasteiger partial charge in [0.2, 0.25) is 0 Å². The molecule has 2 N–H and O–H groups in total. The standard InChI is InChI=1S/C17H25NO3/c1-17(16(19)20,14-11-7-8-12-15(14)21-2)18-13-9-5-3-4-6-10-13/h7-8,11-13,18H,3-6,9-10H2,1-2H3,(H,19,20). The lowest BCUT2D eigenvalue weighted by atomic mass is 9.89. The van der Waals surface area contributed by atoms with Crippen molar-refractivity contribution >= 4 is 5.97 Å². The number of carboxylic acid groups (broad SMARTS) is 1. The zero-order valence-electron chi connectivity index (χ0n) is 12.9. The van der Waals surface area contributed by atoms with Crippen LogP contribution in [0.5, 0.6) is 5.75 Å². The molecular formula is C17H25NO3. The fourth-order valence-electron chi connectivity index (χ4n) is 3.14. The molecule has 1 unspecified atom stereocenters. The van der Waals surface area contributed by atoms with Crippen LogP contribution in [0.4, 0.5) is 0 Å². The molecule has 116 valence electrons. The summed E-state index contributed by atoms with van der Waals surface area (Å²) in [6.07, 6.45) is 6.90. The number of para-hydroxylation sites is 1. The molecule has 0 bridgehead atoms. The Hall–Kier alpha value is -1.55. The normalized spacial score (nSPS) is 19.5. The summed E-state index contributed by atoms with van der Waals surface area (Å²) in [7, 11) is 1.58. The highest BCUT2D eigenvalue weighted by molar-refractivity contribution is 5.81. The summed E-state index contributed by atoms with van der Waals surface area (Å²) in [5.41, 5.74) is -0.439. The summed E-state index contributed by atoms with van der Waals surface area (Å²) in [5, 5.41) is 13.2. The molecule has 1 atom stereocenters. The Morgan fingerprint density at radius 2 is 1.86 bits per heavy atom. The van der Waals surface area contributed by atoms with E-state index in [1.165, 1.54) is 25.7 Å². The fourth-order valence-corrected chi connectivity index (χ4v) is 3.14. The van der Waals surface area contributed by atoms with E-state index in [1.807, 2.05) is 24.3 Å². The molecule has 0 saturated heterocycles. The highest BCUT2D eigenvalue weighted by Crippen LogP contribution is 2.32. The lowest BCUT2D eigenvalue weighted by molar-refractivity contribution is -0.145. The summed E-state index contributed by atoms with van der Waals surface area (Å²) in [6, 6.07) is 7.60. The Bertz CT molecular complexity index is 481. The minimum absolute atomic E-state index is 0.249. The topological polar surface area (TPSA) is 58.6 Å². The second-order valence-electron chi connectivity index (χ2n) is 5.96. The fraction of sp³-hybridized carbons (Fsp3) is 0.588. The Morgan fingerprint density at radius 1 is 1.24 bits per heavy atom. The average Bonchev–Trinajstić information content (AvgIpc) is 2.75. The van der Waals surface area contributed by atoms with Crippen molar-refractivity contribution in [2.75, 3.05) is 7.11 Å². The first-order valence-electron chi connectivity index (χ1n) is 7.72. The van der Waals surface area contributed by atoms with Crippen LogP contribution in [0.2, 0.25) is 0 Å². The maximum atomic E-state index is 11.9. The Balaban J connectivity index is 2.29. The van der Waals surface area contributed by atoms with Gasteiger partial charge in [0.05, 0.1) is 7.11 Å². The third kappa shape index (κ3) is 3.56. The van der Waals surface area contributed by atoms with E-state index in [2.05, 4.69) is 5.32 Å². The maximum absolute atomic E-state index is 11.9. The smallest absolute Gasteiger partial charge is 0.328 e. The summed E-state index contributed by atoms with van der Waals surface area (Å²) in [6.45, 7) is 1.73. The van der Waals surface area contributed by atoms with Gasteiger partial charge in [-0.2, -0.15) is 0 Å². The predicted molar refractivity (Wildman–Crippen MR) is 82.6 cm³/mol. The van der Waals surface area contributed by atoms with E-state index in [1.54, 1.807) is 14.0 Å². The van der Waals surface area contributed by atoms with Gasteiger partial charge in [0.25, 0.3) is 0 Å². The minimum atomic E-state index is -1.12. The molecule has 0 spiro atoms. The van der Waals surface area contributed by atoms with Gasteiger partial charge in [-0.1, -0.05) is 43.9 Å². The Kier molecular flexibility index (Phi) is 5.23. The van der Waals surface area contributed by atoms with Crippen LogP contribution in [0.25, 0.3) is 0 Å². The van der Waals surface area contributed by atoms with Gasteiger partial charge in [-0.3, -0.25) is 5.32 Å². The monoisotopic (exact) mass is 291 g/mol. The first-order chi connectivity index (χ1) is 10.1. The van der Waals surface area contributed by atoms with E-state index in [0.717, 1.165) is 12.8 Å². The van der Waals surface area contributed by atoms with Gasteiger partial charge in [0, 0.05) is 11.6 Å². The zero-order valence-corrected chi connectivity index (χ0v) is 12.9. The van der Waals surface area contributed by atoms with Crippen LogP contribution in [-0.2, 0) is 10.3 Å². The number of aliphatic carboxylic acids is 1. The van der Waals surface area contributed by atoms with Crippen molar-refractivity contribution in [2.24, 2.45) is 0 Å². The highest BCUT2D eigenvalue weighted by Gasteiger charge is 2.39. The number of rotatable bonds is 5. The Morgan fingerprint density at radius 3 is 2.43 bits per heavy atom. The van der Waals surface area contributed by atoms with E-state index in [9.17, 15) is 9.90 Å². The van der Waals surface area contributed by atoms with Crippen molar-refractivity contribution in [3.05, 3.63) is 29.8 Å². The quantitative estimate of drug-likeness (QED) is 0.817. The summed E-state index contributed by atoms with van der Waals surface area (Å²) in [4.78, 5) is 11.9. The molecule has 1 aromatic carbocycles. The third-order valence-corrected chi connectivity index (χ3v) is 4.42. The first kappa shape index (κ1) is 15.8. The highest BCUT2D eigenvalue weighted by atomic mass is 16.5. The minimum Gasteiger partial charge on any atom is -0.496 e. The lowest BCUT2D eigenvalue weighted by Crippen LogP contribution is -2.51. The van der Waals surface area contributed by atoms with Crippen molar-refractivity contribution in [3.8, 4) is 5.75 Å². The molecule has 1 fully saturated rings. The molecule has 21 heavy (non-hydrogen) atoms. The van der Waals surface area contributed by atoms with Gasteiger partial charge in [-0.25, -0.2) is 4.79 Å². The van der Waals surface area contributed by atoms with Gasteiger partial charge in [-0.15, -0.1) is 0 Å². The number of carbonyl (C=O) groups is 1. The SMILES string of the molecule is COc1ccccc1C(C)(NC1CCCCCC1)C(=O)O. The van der Waals surface area contributed by atoms with Gasteiger partial charge in [0.15, 0.2) is 0 Å². The maximum Gasteiger partial charge on any atom is 0.328 e. The molecule has 0 aliphatic heterocycles. The van der Waals surface area contributed by atoms with Crippen LogP contribution < -0.4 is 10.1 Å². The molecular weight excluding hydrogens is 266 g/mol. The molecule has 4 nitrogen and oxygen atoms in total. The van der Waals surface area contributed by atoms with Crippen molar-refractivity contribution < 1.29 is 14.6 Å². The molecule has 0 heterocycles. The van der Waals surface area contributed by atoms with E-state index in [-0.39, 0.29) is 6.04 Å². The number of nitrogens with one attached hydrogen (secondary N) is 1. The van der Waals surface area contributed by atoms with Crippen LogP contribution in [0.1, 0.15) is 51.0 Å². The molecule has 0 radical (unpaired) electrons. The van der Waals surface area contributed by atoms with Crippen LogP contribution in [0.3, 0.4) is 0 Å². The molecule has 1 saturated carbocycles. The summed E-state index contributed by atoms with van der Waals surface area (Å²) >= 11 is 0. The van der Waals surface area contributed by atoms with E-state index in [0.29, 0.717) is 11.3 Å². The van der Waals surface area contributed by atoms with E-state index in [4.69, 9.17) is 4.74 Å². The van der Waals surface area contributed by atoms with Crippen LogP contribution >= 0.6 is 0 Å². The van der Waals surface area contributed by atoms with Crippen LogP contribution in [0, 0.1) is 0 Å². The number of methoxy groups -OCH3 is 1. The van der Waals surface area contributed by atoms with Crippen LogP contribution in [0.15, 0.2) is 24.3 Å². The van der Waals surface area contributed by atoms with Crippen molar-refractivity contribution in [2.45, 2.75) is 57.0 Å². The number of hydrogen-bond acceptors (Lipinski definition) is 3. The predicted octanol–water partition coefficient (Wildman–Crippen LogP) is 3.31. The molecule has 4 heteroatoms. The lowest BCUT2D eigenvalue weighted by Gasteiger charge is -2.32. The van der Waals surface area contributed by atoms with Crippen molar-refractivity contribution in [3.63, 3.8) is 0 Å². The average molecular weight is 291 g/mol. The molecule has 2 rings (SSSR count). The van der Waals surface area contributed by atoms with Gasteiger partial charge >= 0.3 is 5.97 Å². The van der Waals surface area contributed by atoms with Gasteiger partial charge in [0.1, 0.15) is 11.3 Å². The first-order valence-corrected chi connectivity index (χ1v) is 7.72. The number of benzene rings is 1. The Labute approximate surface area is 126 Å². The number of ether oxygens (including phenoxy) is 1. The van der Waals surface area contributed by atoms with Gasteiger partial charge in [-0.05, 0) is 25.8 Å². The number of hydrogen-bond donors (Lipinski definition) is 2. The molecule has 0 aromatic heterocycles. The third-order valence-electron chi connectivity index (χ3n) is 4.42. The second kappa shape index (κ2) is 6.94. The molecule has 1 aliphatic carbocycles. The summed E-state index contributed by atoms with van der Waals surface area (Å²) in [5.74, 6) is -0.250.